The van der Waals surface area contributed by atoms with Crippen molar-refractivity contribution < 1.29 is 9.50 Å². The highest BCUT2D eigenvalue weighted by Gasteiger charge is 2.41. The average molecular weight is 259 g/mol. The van der Waals surface area contributed by atoms with Gasteiger partial charge >= 0.3 is 0 Å². The molecule has 1 fully saturated rings. The lowest BCUT2D eigenvalue weighted by molar-refractivity contribution is 0.211. The Hall–Kier alpha value is -0.410. The quantitative estimate of drug-likeness (QED) is 0.884. The van der Waals surface area contributed by atoms with Crippen molar-refractivity contribution in [2.24, 2.45) is 5.41 Å². The highest BCUT2D eigenvalue weighted by molar-refractivity contribution is 9.10. The molecule has 1 aromatic carbocycles. The topological polar surface area (TPSA) is 20.2 Å². The van der Waals surface area contributed by atoms with Crippen molar-refractivity contribution in [3.63, 3.8) is 0 Å². The van der Waals surface area contributed by atoms with Crippen LogP contribution in [0.5, 0.6) is 0 Å². The molecule has 1 N–H and O–H groups in total. The lowest BCUT2D eigenvalue weighted by Gasteiger charge is -2.11. The largest absolute Gasteiger partial charge is 0.396 e. The molecule has 0 aromatic heterocycles. The van der Waals surface area contributed by atoms with Crippen LogP contribution in [-0.4, -0.2) is 11.7 Å². The van der Waals surface area contributed by atoms with E-state index in [0.717, 1.165) is 24.8 Å². The SMILES string of the molecule is OCC1(Cc2ccc(Br)c(F)c2)CC1. The number of hydrogen-bond donors (Lipinski definition) is 1. The van der Waals surface area contributed by atoms with E-state index in [1.807, 2.05) is 6.07 Å². The summed E-state index contributed by atoms with van der Waals surface area (Å²) in [5.41, 5.74) is 1.03. The van der Waals surface area contributed by atoms with Gasteiger partial charge in [-0.1, -0.05) is 6.07 Å². The van der Waals surface area contributed by atoms with Crippen LogP contribution in [-0.2, 0) is 6.42 Å². The third-order valence-electron chi connectivity index (χ3n) is 2.86. The van der Waals surface area contributed by atoms with Crippen molar-refractivity contribution in [3.8, 4) is 0 Å². The molecular formula is C11H12BrFO. The first-order valence-electron chi connectivity index (χ1n) is 4.70. The van der Waals surface area contributed by atoms with Gasteiger partial charge in [-0.25, -0.2) is 4.39 Å². The van der Waals surface area contributed by atoms with Crippen LogP contribution in [0.4, 0.5) is 4.39 Å². The minimum atomic E-state index is -0.226. The van der Waals surface area contributed by atoms with Gasteiger partial charge in [-0.3, -0.25) is 0 Å². The Bertz CT molecular complexity index is 347. The Labute approximate surface area is 91.1 Å². The maximum atomic E-state index is 13.2. The number of aliphatic hydroxyl groups excluding tert-OH is 1. The lowest BCUT2D eigenvalue weighted by atomic mass is 9.97. The Morgan fingerprint density at radius 3 is 2.64 bits per heavy atom. The van der Waals surface area contributed by atoms with E-state index in [-0.39, 0.29) is 17.8 Å². The summed E-state index contributed by atoms with van der Waals surface area (Å²) in [5.74, 6) is -0.226. The van der Waals surface area contributed by atoms with E-state index < -0.39 is 0 Å². The van der Waals surface area contributed by atoms with Gasteiger partial charge in [0.05, 0.1) is 4.47 Å². The molecule has 1 aliphatic carbocycles. The molecule has 1 aliphatic rings. The van der Waals surface area contributed by atoms with Crippen molar-refractivity contribution in [2.75, 3.05) is 6.61 Å². The monoisotopic (exact) mass is 258 g/mol. The summed E-state index contributed by atoms with van der Waals surface area (Å²) in [5, 5.41) is 9.14. The Balaban J connectivity index is 2.14. The molecule has 14 heavy (non-hydrogen) atoms. The van der Waals surface area contributed by atoms with Crippen molar-refractivity contribution >= 4 is 15.9 Å². The summed E-state index contributed by atoms with van der Waals surface area (Å²) in [6.45, 7) is 0.213. The fourth-order valence-electron chi connectivity index (χ4n) is 1.65. The molecule has 0 aliphatic heterocycles. The average Bonchev–Trinajstić information content (AvgIpc) is 2.93. The molecule has 0 atom stereocenters. The van der Waals surface area contributed by atoms with Gasteiger partial charge < -0.3 is 5.11 Å². The van der Waals surface area contributed by atoms with E-state index in [9.17, 15) is 4.39 Å². The number of benzene rings is 1. The highest BCUT2D eigenvalue weighted by Crippen LogP contribution is 2.47. The van der Waals surface area contributed by atoms with Gasteiger partial charge in [0.15, 0.2) is 0 Å². The second-order valence-electron chi connectivity index (χ2n) is 4.08. The predicted octanol–water partition coefficient (Wildman–Crippen LogP) is 2.90. The van der Waals surface area contributed by atoms with Crippen LogP contribution >= 0.6 is 15.9 Å². The molecule has 0 bridgehead atoms. The molecular weight excluding hydrogens is 247 g/mol. The van der Waals surface area contributed by atoms with E-state index in [1.54, 1.807) is 12.1 Å². The Morgan fingerprint density at radius 2 is 2.14 bits per heavy atom. The zero-order valence-electron chi connectivity index (χ0n) is 7.76. The molecule has 1 saturated carbocycles. The summed E-state index contributed by atoms with van der Waals surface area (Å²) >= 11 is 3.12. The third-order valence-corrected chi connectivity index (χ3v) is 3.50. The van der Waals surface area contributed by atoms with E-state index in [1.165, 1.54) is 0 Å². The van der Waals surface area contributed by atoms with Gasteiger partial charge in [-0.2, -0.15) is 0 Å². The zero-order valence-corrected chi connectivity index (χ0v) is 9.35. The van der Waals surface area contributed by atoms with Crippen LogP contribution in [0.15, 0.2) is 22.7 Å². The smallest absolute Gasteiger partial charge is 0.137 e. The third kappa shape index (κ3) is 1.98. The zero-order chi connectivity index (χ0) is 10.2. The fourth-order valence-corrected chi connectivity index (χ4v) is 1.90. The first-order chi connectivity index (χ1) is 6.65. The molecule has 0 heterocycles. The van der Waals surface area contributed by atoms with E-state index in [4.69, 9.17) is 5.11 Å². The lowest BCUT2D eigenvalue weighted by Crippen LogP contribution is -2.10. The summed E-state index contributed by atoms with van der Waals surface area (Å²) in [6.07, 6.45) is 2.90. The minimum Gasteiger partial charge on any atom is -0.396 e. The number of halogens is 2. The molecule has 0 radical (unpaired) electrons. The van der Waals surface area contributed by atoms with Crippen molar-refractivity contribution in [3.05, 3.63) is 34.1 Å². The van der Waals surface area contributed by atoms with Crippen molar-refractivity contribution in [1.82, 2.24) is 0 Å². The first kappa shape index (κ1) is 10.1. The molecule has 0 saturated heterocycles. The van der Waals surface area contributed by atoms with Gasteiger partial charge in [-0.15, -0.1) is 0 Å². The van der Waals surface area contributed by atoms with Crippen LogP contribution in [0, 0.1) is 11.2 Å². The van der Waals surface area contributed by atoms with Gasteiger partial charge in [0, 0.05) is 6.61 Å². The van der Waals surface area contributed by atoms with Crippen LogP contribution in [0.2, 0.25) is 0 Å². The van der Waals surface area contributed by atoms with E-state index in [2.05, 4.69) is 15.9 Å². The van der Waals surface area contributed by atoms with Crippen LogP contribution < -0.4 is 0 Å². The predicted molar refractivity (Wildman–Crippen MR) is 56.6 cm³/mol. The molecule has 0 unspecified atom stereocenters. The van der Waals surface area contributed by atoms with Gasteiger partial charge in [-0.05, 0) is 58.3 Å². The second kappa shape index (κ2) is 3.63. The van der Waals surface area contributed by atoms with Gasteiger partial charge in [0.2, 0.25) is 0 Å². The van der Waals surface area contributed by atoms with Crippen LogP contribution in [0.1, 0.15) is 18.4 Å². The highest BCUT2D eigenvalue weighted by atomic mass is 79.9. The summed E-state index contributed by atoms with van der Waals surface area (Å²) in [6, 6.07) is 5.17. The standard InChI is InChI=1S/C11H12BrFO/c12-9-2-1-8(5-10(9)13)6-11(7-14)3-4-11/h1-2,5,14H,3-4,6-7H2. The van der Waals surface area contributed by atoms with Crippen molar-refractivity contribution in [2.45, 2.75) is 19.3 Å². The first-order valence-corrected chi connectivity index (χ1v) is 5.49. The van der Waals surface area contributed by atoms with Gasteiger partial charge in [0.25, 0.3) is 0 Å². The maximum Gasteiger partial charge on any atom is 0.137 e. The summed E-state index contributed by atoms with van der Waals surface area (Å²) in [4.78, 5) is 0. The number of aliphatic hydroxyl groups is 1. The summed E-state index contributed by atoms with van der Waals surface area (Å²) < 4.78 is 13.7. The Morgan fingerprint density at radius 1 is 1.43 bits per heavy atom. The fraction of sp³-hybridized carbons (Fsp3) is 0.455. The molecule has 76 valence electrons. The Kier molecular flexibility index (Phi) is 2.62. The van der Waals surface area contributed by atoms with Crippen molar-refractivity contribution in [1.29, 1.82) is 0 Å². The van der Waals surface area contributed by atoms with E-state index >= 15 is 0 Å². The normalized spacial score (nSPS) is 18.2. The van der Waals surface area contributed by atoms with E-state index in [0.29, 0.717) is 4.47 Å². The second-order valence-corrected chi connectivity index (χ2v) is 4.94. The number of rotatable bonds is 3. The van der Waals surface area contributed by atoms with Gasteiger partial charge in [0.1, 0.15) is 5.82 Å². The molecule has 0 amide bonds. The molecule has 1 nitrogen and oxygen atoms in total. The molecule has 0 spiro atoms. The van der Waals surface area contributed by atoms with Crippen LogP contribution in [0.25, 0.3) is 0 Å². The molecule has 1 aromatic rings. The minimum absolute atomic E-state index is 0.0558. The molecule has 2 rings (SSSR count). The number of hydrogen-bond acceptors (Lipinski definition) is 1. The maximum absolute atomic E-state index is 13.2. The van der Waals surface area contributed by atoms with Crippen LogP contribution in [0.3, 0.4) is 0 Å². The molecule has 3 heteroatoms. The summed E-state index contributed by atoms with van der Waals surface area (Å²) in [7, 11) is 0.